The Hall–Kier alpha value is -3.86. The third-order valence-electron chi connectivity index (χ3n) is 5.73. The van der Waals surface area contributed by atoms with Gasteiger partial charge < -0.3 is 14.6 Å². The first-order valence-electron chi connectivity index (χ1n) is 10.6. The molecule has 4 aromatic rings. The molecule has 32 heavy (non-hydrogen) atoms. The number of nitrogens with zero attached hydrogens (tertiary/aromatic N) is 1. The molecule has 3 aromatic carbocycles. The minimum Gasteiger partial charge on any atom is -0.489 e. The summed E-state index contributed by atoms with van der Waals surface area (Å²) in [7, 11) is 0. The molecular formula is C27H26N2O3. The molecule has 0 aliphatic rings. The third kappa shape index (κ3) is 4.42. The van der Waals surface area contributed by atoms with Gasteiger partial charge in [-0.05, 0) is 50.1 Å². The molecule has 5 nitrogen and oxygen atoms in total. The van der Waals surface area contributed by atoms with Crippen molar-refractivity contribution in [3.8, 4) is 5.75 Å². The summed E-state index contributed by atoms with van der Waals surface area (Å²) in [6.45, 7) is 6.09. The van der Waals surface area contributed by atoms with Crippen LogP contribution in [-0.2, 0) is 12.1 Å². The Bertz CT molecular complexity index is 1140. The second-order valence-electron chi connectivity index (χ2n) is 7.93. The van der Waals surface area contributed by atoms with Crippen LogP contribution in [0.4, 0.5) is 0 Å². The summed E-state index contributed by atoms with van der Waals surface area (Å²) in [5.74, 6) is 1.17. The lowest BCUT2D eigenvalue weighted by Gasteiger charge is -2.32. The second-order valence-corrected chi connectivity index (χ2v) is 7.93. The summed E-state index contributed by atoms with van der Waals surface area (Å²) >= 11 is 0. The molecule has 0 spiro atoms. The maximum atomic E-state index is 13.3. The van der Waals surface area contributed by atoms with Crippen LogP contribution in [0, 0.1) is 13.8 Å². The first kappa shape index (κ1) is 21.4. The van der Waals surface area contributed by atoms with E-state index in [2.05, 4.69) is 10.5 Å². The van der Waals surface area contributed by atoms with Crippen molar-refractivity contribution in [3.63, 3.8) is 0 Å². The fourth-order valence-electron chi connectivity index (χ4n) is 3.74. The number of carbonyl (C=O) groups excluding carboxylic acids is 1. The van der Waals surface area contributed by atoms with Crippen LogP contribution in [0.5, 0.6) is 5.75 Å². The van der Waals surface area contributed by atoms with Crippen LogP contribution in [-0.4, -0.2) is 11.1 Å². The molecule has 0 saturated carbocycles. The fraction of sp³-hybridized carbons (Fsp3) is 0.185. The van der Waals surface area contributed by atoms with Gasteiger partial charge in [0.2, 0.25) is 0 Å². The van der Waals surface area contributed by atoms with Crippen molar-refractivity contribution >= 4 is 5.91 Å². The topological polar surface area (TPSA) is 64.4 Å². The number of hydrogen-bond acceptors (Lipinski definition) is 4. The summed E-state index contributed by atoms with van der Waals surface area (Å²) in [6.07, 6.45) is 0. The zero-order chi connectivity index (χ0) is 22.6. The Morgan fingerprint density at radius 2 is 1.56 bits per heavy atom. The van der Waals surface area contributed by atoms with Gasteiger partial charge in [-0.15, -0.1) is 0 Å². The summed E-state index contributed by atoms with van der Waals surface area (Å²) in [4.78, 5) is 13.3. The van der Waals surface area contributed by atoms with Crippen molar-refractivity contribution < 1.29 is 14.1 Å². The van der Waals surface area contributed by atoms with E-state index in [0.29, 0.717) is 17.9 Å². The van der Waals surface area contributed by atoms with Crippen LogP contribution < -0.4 is 10.1 Å². The van der Waals surface area contributed by atoms with E-state index in [-0.39, 0.29) is 5.91 Å². The van der Waals surface area contributed by atoms with E-state index < -0.39 is 5.54 Å². The zero-order valence-electron chi connectivity index (χ0n) is 18.5. The number of rotatable bonds is 7. The number of amides is 1. The van der Waals surface area contributed by atoms with Gasteiger partial charge >= 0.3 is 0 Å². The molecule has 0 radical (unpaired) electrons. The van der Waals surface area contributed by atoms with Gasteiger partial charge in [-0.1, -0.05) is 71.9 Å². The van der Waals surface area contributed by atoms with Crippen LogP contribution >= 0.6 is 0 Å². The van der Waals surface area contributed by atoms with Gasteiger partial charge in [0.05, 0.1) is 16.8 Å². The van der Waals surface area contributed by atoms with Gasteiger partial charge in [-0.3, -0.25) is 4.79 Å². The fourth-order valence-corrected chi connectivity index (χ4v) is 3.74. The van der Waals surface area contributed by atoms with Crippen LogP contribution in [0.2, 0.25) is 0 Å². The molecule has 0 unspecified atom stereocenters. The predicted molar refractivity (Wildman–Crippen MR) is 124 cm³/mol. The highest BCUT2D eigenvalue weighted by Crippen LogP contribution is 2.30. The lowest BCUT2D eigenvalue weighted by Crippen LogP contribution is -2.44. The molecule has 0 bridgehead atoms. The first-order chi connectivity index (χ1) is 15.5. The predicted octanol–water partition coefficient (Wildman–Crippen LogP) is 5.56. The van der Waals surface area contributed by atoms with Crippen molar-refractivity contribution in [2.45, 2.75) is 32.9 Å². The zero-order valence-corrected chi connectivity index (χ0v) is 18.5. The number of carbonyl (C=O) groups is 1. The molecule has 162 valence electrons. The van der Waals surface area contributed by atoms with Gasteiger partial charge in [-0.25, -0.2) is 0 Å². The highest BCUT2D eigenvalue weighted by Gasteiger charge is 2.31. The Morgan fingerprint density at radius 1 is 0.938 bits per heavy atom. The smallest absolute Gasteiger partial charge is 0.252 e. The Balaban J connectivity index is 1.57. The molecule has 5 heteroatoms. The average molecular weight is 427 g/mol. The van der Waals surface area contributed by atoms with E-state index in [4.69, 9.17) is 9.26 Å². The standard InChI is InChI=1S/C27H26N2O3/c1-19-25(20(2)32-29-19)18-31-24-16-10-11-21(17-24)26(30)28-27(3,22-12-6-4-7-13-22)23-14-8-5-9-15-23/h4-17H,18H2,1-3H3,(H,28,30). The monoisotopic (exact) mass is 426 g/mol. The lowest BCUT2D eigenvalue weighted by atomic mass is 9.84. The first-order valence-corrected chi connectivity index (χ1v) is 10.6. The summed E-state index contributed by atoms with van der Waals surface area (Å²) < 4.78 is 11.1. The van der Waals surface area contributed by atoms with E-state index in [1.165, 1.54) is 0 Å². The highest BCUT2D eigenvalue weighted by atomic mass is 16.5. The Labute approximate surface area is 188 Å². The third-order valence-corrected chi connectivity index (χ3v) is 5.73. The molecule has 0 saturated heterocycles. The molecule has 1 amide bonds. The molecule has 4 rings (SSSR count). The summed E-state index contributed by atoms with van der Waals surface area (Å²) in [5, 5.41) is 7.19. The van der Waals surface area contributed by atoms with Crippen LogP contribution in [0.3, 0.4) is 0 Å². The van der Waals surface area contributed by atoms with E-state index >= 15 is 0 Å². The maximum Gasteiger partial charge on any atom is 0.252 e. The van der Waals surface area contributed by atoms with Crippen LogP contribution in [0.25, 0.3) is 0 Å². The number of aryl methyl sites for hydroxylation is 2. The maximum absolute atomic E-state index is 13.3. The average Bonchev–Trinajstić information content (AvgIpc) is 3.16. The van der Waals surface area contributed by atoms with Crippen molar-refractivity contribution in [2.75, 3.05) is 0 Å². The van der Waals surface area contributed by atoms with E-state index in [0.717, 1.165) is 28.1 Å². The number of benzene rings is 3. The largest absolute Gasteiger partial charge is 0.489 e. The van der Waals surface area contributed by atoms with Crippen molar-refractivity contribution in [1.29, 1.82) is 0 Å². The molecule has 1 N–H and O–H groups in total. The molecule has 0 fully saturated rings. The molecule has 0 atom stereocenters. The van der Waals surface area contributed by atoms with Gasteiger partial charge in [-0.2, -0.15) is 0 Å². The molecule has 1 aromatic heterocycles. The minimum atomic E-state index is -0.687. The molecule has 0 aliphatic carbocycles. The van der Waals surface area contributed by atoms with E-state index in [1.807, 2.05) is 93.6 Å². The molecule has 0 aliphatic heterocycles. The van der Waals surface area contributed by atoms with Gasteiger partial charge in [0.25, 0.3) is 5.91 Å². The number of aromatic nitrogens is 1. The molecular weight excluding hydrogens is 400 g/mol. The van der Waals surface area contributed by atoms with Crippen LogP contribution in [0.15, 0.2) is 89.5 Å². The lowest BCUT2D eigenvalue weighted by molar-refractivity contribution is 0.0918. The SMILES string of the molecule is Cc1noc(C)c1COc1cccc(C(=O)NC(C)(c2ccccc2)c2ccccc2)c1. The number of hydrogen-bond donors (Lipinski definition) is 1. The second kappa shape index (κ2) is 9.10. The Morgan fingerprint density at radius 3 is 2.12 bits per heavy atom. The van der Waals surface area contributed by atoms with E-state index in [1.54, 1.807) is 12.1 Å². The number of ether oxygens (including phenoxy) is 1. The van der Waals surface area contributed by atoms with Crippen molar-refractivity contribution in [3.05, 3.63) is 119 Å². The normalized spacial score (nSPS) is 11.2. The highest BCUT2D eigenvalue weighted by molar-refractivity contribution is 5.95. The number of nitrogens with one attached hydrogen (secondary N) is 1. The summed E-state index contributed by atoms with van der Waals surface area (Å²) in [5.41, 5.74) is 3.57. The van der Waals surface area contributed by atoms with Crippen molar-refractivity contribution in [1.82, 2.24) is 10.5 Å². The quantitative estimate of drug-likeness (QED) is 0.420. The summed E-state index contributed by atoms with van der Waals surface area (Å²) in [6, 6.07) is 27.1. The van der Waals surface area contributed by atoms with Gasteiger partial charge in [0, 0.05) is 5.56 Å². The van der Waals surface area contributed by atoms with E-state index in [9.17, 15) is 4.79 Å². The molecule has 1 heterocycles. The van der Waals surface area contributed by atoms with Gasteiger partial charge in [0.15, 0.2) is 0 Å². The van der Waals surface area contributed by atoms with Crippen molar-refractivity contribution in [2.24, 2.45) is 0 Å². The Kier molecular flexibility index (Phi) is 6.08. The minimum absolute atomic E-state index is 0.178. The van der Waals surface area contributed by atoms with Gasteiger partial charge in [0.1, 0.15) is 18.1 Å². The van der Waals surface area contributed by atoms with Crippen LogP contribution in [0.1, 0.15) is 45.4 Å².